The van der Waals surface area contributed by atoms with E-state index < -0.39 is 5.97 Å². The van der Waals surface area contributed by atoms with Crippen LogP contribution in [0.5, 0.6) is 0 Å². The van der Waals surface area contributed by atoms with Crippen LogP contribution in [-0.2, 0) is 4.74 Å². The van der Waals surface area contributed by atoms with Gasteiger partial charge in [-0.1, -0.05) is 0 Å². The molecule has 2 aliphatic rings. The fraction of sp³-hybridized carbons (Fsp3) is 0.400. The second kappa shape index (κ2) is 8.90. The van der Waals surface area contributed by atoms with Crippen LogP contribution in [0.25, 0.3) is 17.0 Å². The van der Waals surface area contributed by atoms with Crippen molar-refractivity contribution in [2.75, 3.05) is 29.9 Å². The fourth-order valence-electron chi connectivity index (χ4n) is 5.37. The molecule has 2 bridgehead atoms. The molecule has 36 heavy (non-hydrogen) atoms. The number of H-pyrrole nitrogens is 1. The van der Waals surface area contributed by atoms with Crippen LogP contribution in [0, 0.1) is 0 Å². The zero-order valence-corrected chi connectivity index (χ0v) is 20.5. The lowest BCUT2D eigenvalue weighted by Gasteiger charge is -2.37. The number of likely N-dealkylation sites (tertiary alicyclic amines) is 1. The number of aromatic nitrogens is 6. The summed E-state index contributed by atoms with van der Waals surface area (Å²) in [4.78, 5) is 26.1. The highest BCUT2D eigenvalue weighted by Gasteiger charge is 2.43. The Morgan fingerprint density at radius 1 is 1.19 bits per heavy atom. The van der Waals surface area contributed by atoms with Crippen molar-refractivity contribution in [2.24, 2.45) is 0 Å². The molecule has 186 valence electrons. The van der Waals surface area contributed by atoms with Crippen LogP contribution in [0.1, 0.15) is 37.7 Å². The van der Waals surface area contributed by atoms with Gasteiger partial charge in [0.15, 0.2) is 11.5 Å². The third-order valence-electron chi connectivity index (χ3n) is 7.05. The standard InChI is InChI=1S/C25H29N9O2/c1-4-36-25(35)21-10-20(30-31-21)22-11-26-23(24-27-14-28-34(22)24)29-16-5-7-17(8-6-16)33-13-18-9-19(33)12-32(18)15(2)3/h5-8,10-11,14-15,18-19H,4,9,12-13H2,1-3H3,(H,26,29)(H,30,31)/t18-,19+/m1/s1. The van der Waals surface area contributed by atoms with Gasteiger partial charge in [0, 0.05) is 48.7 Å². The SMILES string of the molecule is CCOC(=O)c1cc(-c2cnc(Nc3ccc(N4C[C@H]5C[C@H]4CN5C(C)C)cc3)c3ncnn23)n[nH]1. The van der Waals surface area contributed by atoms with E-state index in [1.54, 1.807) is 23.7 Å². The molecule has 2 atom stereocenters. The first kappa shape index (κ1) is 22.5. The normalized spacial score (nSPS) is 19.5. The van der Waals surface area contributed by atoms with Gasteiger partial charge in [-0.25, -0.2) is 19.3 Å². The molecule has 0 amide bonds. The highest BCUT2D eigenvalue weighted by molar-refractivity contribution is 5.88. The monoisotopic (exact) mass is 487 g/mol. The maximum Gasteiger partial charge on any atom is 0.356 e. The number of ether oxygens (including phenoxy) is 1. The lowest BCUT2D eigenvalue weighted by atomic mass is 10.2. The lowest BCUT2D eigenvalue weighted by molar-refractivity contribution is 0.0519. The van der Waals surface area contributed by atoms with Crippen molar-refractivity contribution in [3.8, 4) is 11.4 Å². The average Bonchev–Trinajstić information content (AvgIpc) is 3.68. The van der Waals surface area contributed by atoms with Crippen LogP contribution >= 0.6 is 0 Å². The Morgan fingerprint density at radius 3 is 2.75 bits per heavy atom. The van der Waals surface area contributed by atoms with Crippen LogP contribution in [0.15, 0.2) is 42.9 Å². The minimum Gasteiger partial charge on any atom is -0.461 e. The minimum atomic E-state index is -0.459. The van der Waals surface area contributed by atoms with Crippen molar-refractivity contribution in [2.45, 2.75) is 45.3 Å². The van der Waals surface area contributed by atoms with Gasteiger partial charge in [0.1, 0.15) is 23.4 Å². The molecule has 0 spiro atoms. The number of aromatic amines is 1. The number of fused-ring (bicyclic) bond motifs is 3. The number of esters is 1. The second-order valence-electron chi connectivity index (χ2n) is 9.53. The maximum absolute atomic E-state index is 12.0. The van der Waals surface area contributed by atoms with E-state index in [0.29, 0.717) is 47.6 Å². The molecule has 0 saturated carbocycles. The molecule has 11 heteroatoms. The predicted molar refractivity (Wildman–Crippen MR) is 135 cm³/mol. The van der Waals surface area contributed by atoms with Crippen molar-refractivity contribution >= 4 is 28.8 Å². The van der Waals surface area contributed by atoms with Gasteiger partial charge >= 0.3 is 5.97 Å². The van der Waals surface area contributed by atoms with E-state index in [1.807, 2.05) is 0 Å². The highest BCUT2D eigenvalue weighted by Crippen LogP contribution is 2.36. The molecule has 2 aliphatic heterocycles. The fourth-order valence-corrected chi connectivity index (χ4v) is 5.37. The van der Waals surface area contributed by atoms with Crippen LogP contribution in [-0.4, -0.2) is 78.5 Å². The van der Waals surface area contributed by atoms with E-state index in [2.05, 4.69) is 78.5 Å². The van der Waals surface area contributed by atoms with Crippen LogP contribution in [0.4, 0.5) is 17.2 Å². The van der Waals surface area contributed by atoms with Gasteiger partial charge in [-0.05, 0) is 51.5 Å². The first-order valence-electron chi connectivity index (χ1n) is 12.3. The number of hydrogen-bond donors (Lipinski definition) is 2. The van der Waals surface area contributed by atoms with Crippen molar-refractivity contribution < 1.29 is 9.53 Å². The second-order valence-corrected chi connectivity index (χ2v) is 9.53. The molecule has 1 aromatic carbocycles. The van der Waals surface area contributed by atoms with E-state index in [-0.39, 0.29) is 5.69 Å². The Hall–Kier alpha value is -3.99. The zero-order valence-electron chi connectivity index (χ0n) is 20.5. The Balaban J connectivity index is 1.20. The lowest BCUT2D eigenvalue weighted by Crippen LogP contribution is -2.48. The van der Waals surface area contributed by atoms with Gasteiger partial charge < -0.3 is 15.0 Å². The molecule has 0 aliphatic carbocycles. The highest BCUT2D eigenvalue weighted by atomic mass is 16.5. The van der Waals surface area contributed by atoms with Crippen LogP contribution < -0.4 is 10.2 Å². The van der Waals surface area contributed by atoms with Gasteiger partial charge in [-0.2, -0.15) is 10.2 Å². The molecule has 6 rings (SSSR count). The van der Waals surface area contributed by atoms with Gasteiger partial charge in [-0.3, -0.25) is 10.00 Å². The third-order valence-corrected chi connectivity index (χ3v) is 7.05. The number of carbonyl (C=O) groups excluding carboxylic acids is 1. The Morgan fingerprint density at radius 2 is 2.03 bits per heavy atom. The molecule has 2 N–H and O–H groups in total. The zero-order chi connectivity index (χ0) is 24.8. The Labute approximate surface area is 208 Å². The summed E-state index contributed by atoms with van der Waals surface area (Å²) in [5, 5.41) is 14.6. The maximum atomic E-state index is 12.0. The number of anilines is 3. The van der Waals surface area contributed by atoms with E-state index >= 15 is 0 Å². The summed E-state index contributed by atoms with van der Waals surface area (Å²) >= 11 is 0. The summed E-state index contributed by atoms with van der Waals surface area (Å²) in [6.07, 6.45) is 4.37. The van der Waals surface area contributed by atoms with E-state index in [0.717, 1.165) is 18.8 Å². The first-order valence-corrected chi connectivity index (χ1v) is 12.3. The van der Waals surface area contributed by atoms with E-state index in [4.69, 9.17) is 4.74 Å². The smallest absolute Gasteiger partial charge is 0.356 e. The summed E-state index contributed by atoms with van der Waals surface area (Å²) in [6, 6.07) is 11.9. The third kappa shape index (κ3) is 3.85. The number of piperazine rings is 1. The number of hydrogen-bond acceptors (Lipinski definition) is 9. The van der Waals surface area contributed by atoms with Gasteiger partial charge in [0.2, 0.25) is 0 Å². The molecule has 2 fully saturated rings. The number of benzene rings is 1. The molecule has 4 aromatic rings. The van der Waals surface area contributed by atoms with Crippen molar-refractivity contribution in [1.82, 2.24) is 34.7 Å². The number of nitrogens with zero attached hydrogens (tertiary/aromatic N) is 7. The molecule has 0 radical (unpaired) electrons. The summed E-state index contributed by atoms with van der Waals surface area (Å²) < 4.78 is 6.68. The molecular weight excluding hydrogens is 458 g/mol. The first-order chi connectivity index (χ1) is 17.5. The summed E-state index contributed by atoms with van der Waals surface area (Å²) in [5.74, 6) is 0.123. The summed E-state index contributed by atoms with van der Waals surface area (Å²) in [6.45, 7) is 8.85. The molecule has 5 heterocycles. The predicted octanol–water partition coefficient (Wildman–Crippen LogP) is 3.11. The van der Waals surface area contributed by atoms with Crippen LogP contribution in [0.3, 0.4) is 0 Å². The quantitative estimate of drug-likeness (QED) is 0.379. The van der Waals surface area contributed by atoms with Gasteiger partial charge in [0.25, 0.3) is 0 Å². The molecule has 3 aromatic heterocycles. The van der Waals surface area contributed by atoms with Crippen LogP contribution in [0.2, 0.25) is 0 Å². The van der Waals surface area contributed by atoms with E-state index in [9.17, 15) is 4.79 Å². The van der Waals surface area contributed by atoms with E-state index in [1.165, 1.54) is 18.4 Å². The van der Waals surface area contributed by atoms with Crippen molar-refractivity contribution in [1.29, 1.82) is 0 Å². The van der Waals surface area contributed by atoms with Gasteiger partial charge in [-0.15, -0.1) is 0 Å². The number of carbonyl (C=O) groups is 1. The topological polar surface area (TPSA) is 117 Å². The average molecular weight is 488 g/mol. The van der Waals surface area contributed by atoms with Crippen molar-refractivity contribution in [3.05, 3.63) is 48.5 Å². The number of nitrogens with one attached hydrogen (secondary N) is 2. The van der Waals surface area contributed by atoms with Crippen molar-refractivity contribution in [3.63, 3.8) is 0 Å². The molecular formula is C25H29N9O2. The molecule has 0 unspecified atom stereocenters. The molecule has 2 saturated heterocycles. The summed E-state index contributed by atoms with van der Waals surface area (Å²) in [7, 11) is 0. The summed E-state index contributed by atoms with van der Waals surface area (Å²) in [5.41, 5.74) is 4.13. The number of rotatable bonds is 7. The minimum absolute atomic E-state index is 0.269. The Bertz CT molecular complexity index is 1390. The van der Waals surface area contributed by atoms with Gasteiger partial charge in [0.05, 0.1) is 12.8 Å². The largest absolute Gasteiger partial charge is 0.461 e. The molecule has 11 nitrogen and oxygen atoms in total. The Kier molecular flexibility index (Phi) is 5.56.